The molecule has 0 spiro atoms. The molecule has 0 saturated carbocycles. The van der Waals surface area contributed by atoms with E-state index in [0.29, 0.717) is 21.4 Å². The number of hydrogen-bond donors (Lipinski definition) is 2. The minimum Gasteiger partial charge on any atom is -0.317 e. The van der Waals surface area contributed by atoms with E-state index in [0.717, 1.165) is 20.2 Å². The van der Waals surface area contributed by atoms with E-state index >= 15 is 0 Å². The molecule has 0 bridgehead atoms. The highest BCUT2D eigenvalue weighted by molar-refractivity contribution is 9.10. The molecule has 0 fully saturated rings. The van der Waals surface area contributed by atoms with Gasteiger partial charge in [0.25, 0.3) is 0 Å². The first-order chi connectivity index (χ1) is 13.3. The number of aromatic nitrogens is 2. The number of hydrogen-bond acceptors (Lipinski definition) is 4. The molecule has 0 radical (unpaired) electrons. The highest BCUT2D eigenvalue weighted by Gasteiger charge is 2.40. The number of amides is 1. The Morgan fingerprint density at radius 1 is 1.21 bits per heavy atom. The number of carbonyl (C=O) groups is 1. The Morgan fingerprint density at radius 3 is 2.68 bits per heavy atom. The first kappa shape index (κ1) is 18.9. The molecule has 0 aliphatic carbocycles. The van der Waals surface area contributed by atoms with Crippen LogP contribution < -0.4 is 15.6 Å². The fourth-order valence-corrected chi connectivity index (χ4v) is 4.53. The van der Waals surface area contributed by atoms with Gasteiger partial charge in [-0.25, -0.2) is 4.79 Å². The fourth-order valence-electron chi connectivity index (χ4n) is 3.34. The molecular weight excluding hydrogens is 492 g/mol. The monoisotopic (exact) mass is 505 g/mol. The number of anilines is 1. The first-order valence-corrected chi connectivity index (χ1v) is 9.88. The molecule has 28 heavy (non-hydrogen) atoms. The average molecular weight is 507 g/mol. The van der Waals surface area contributed by atoms with E-state index in [4.69, 9.17) is 0 Å². The summed E-state index contributed by atoms with van der Waals surface area (Å²) in [6, 6.07) is 11.2. The summed E-state index contributed by atoms with van der Waals surface area (Å²) in [5, 5.41) is 6.66. The van der Waals surface area contributed by atoms with Crippen LogP contribution in [0.1, 0.15) is 5.56 Å². The molecule has 7 nitrogen and oxygen atoms in total. The molecule has 0 atom stereocenters. The maximum atomic E-state index is 13.1. The molecular formula is C19H15Br2N4O3+. The summed E-state index contributed by atoms with van der Waals surface area (Å²) in [4.78, 5) is 27.0. The third-order valence-electron chi connectivity index (χ3n) is 4.63. The number of halogens is 2. The zero-order valence-electron chi connectivity index (χ0n) is 14.9. The summed E-state index contributed by atoms with van der Waals surface area (Å²) in [5.74, 6) is -0.673. The standard InChI is InChI=1S/C19H14Br2N4O3/c1-25(2)15(8-10-4-3-5-13(21)16(10)25)18(26)22-14-7-6-11(20)9-12(14)17-23-19(27)28-24-17/h3-9H,1-2H3,(H-,22,23,24,26,27)/p+1. The molecule has 1 aromatic heterocycles. The van der Waals surface area contributed by atoms with Gasteiger partial charge in [0.1, 0.15) is 0 Å². The van der Waals surface area contributed by atoms with Crippen molar-refractivity contribution in [3.05, 3.63) is 67.2 Å². The van der Waals surface area contributed by atoms with E-state index in [1.165, 1.54) is 0 Å². The Kier molecular flexibility index (Phi) is 4.60. The third-order valence-corrected chi connectivity index (χ3v) is 5.76. The van der Waals surface area contributed by atoms with Gasteiger partial charge in [-0.3, -0.25) is 18.8 Å². The second kappa shape index (κ2) is 6.84. The molecule has 1 aliphatic rings. The Balaban J connectivity index is 1.71. The summed E-state index contributed by atoms with van der Waals surface area (Å²) in [6.07, 6.45) is 1.88. The lowest BCUT2D eigenvalue weighted by atomic mass is 10.1. The lowest BCUT2D eigenvalue weighted by Crippen LogP contribution is -2.42. The molecule has 2 N–H and O–H groups in total. The number of nitrogens with one attached hydrogen (secondary N) is 2. The van der Waals surface area contributed by atoms with Crippen LogP contribution in [0.25, 0.3) is 17.5 Å². The van der Waals surface area contributed by atoms with E-state index in [9.17, 15) is 9.59 Å². The smallest absolute Gasteiger partial charge is 0.317 e. The summed E-state index contributed by atoms with van der Waals surface area (Å²) in [7, 11) is 3.92. The number of fused-ring (bicyclic) bond motifs is 1. The van der Waals surface area contributed by atoms with E-state index < -0.39 is 5.76 Å². The molecule has 1 amide bonds. The highest BCUT2D eigenvalue weighted by atomic mass is 79.9. The van der Waals surface area contributed by atoms with Crippen LogP contribution in [0.2, 0.25) is 0 Å². The number of rotatable bonds is 3. The van der Waals surface area contributed by atoms with Crippen LogP contribution in [0.3, 0.4) is 0 Å². The SMILES string of the molecule is C[N+]1(C)C(C(=O)Nc2ccc(Br)cc2-c2noc(=O)[nH]2)=Cc2cccc(Br)c21. The Hall–Kier alpha value is -2.49. The van der Waals surface area contributed by atoms with Crippen LogP contribution in [-0.2, 0) is 4.79 Å². The largest absolute Gasteiger partial charge is 0.439 e. The summed E-state index contributed by atoms with van der Waals surface area (Å²) in [5.41, 5.74) is 3.64. The number of benzene rings is 2. The lowest BCUT2D eigenvalue weighted by molar-refractivity contribution is -0.113. The number of likely N-dealkylation sites (N-methyl/N-ethyl adjacent to an activating group) is 1. The second-order valence-electron chi connectivity index (χ2n) is 6.75. The van der Waals surface area contributed by atoms with Crippen LogP contribution in [0.5, 0.6) is 0 Å². The first-order valence-electron chi connectivity index (χ1n) is 8.30. The van der Waals surface area contributed by atoms with E-state index in [1.54, 1.807) is 18.2 Å². The van der Waals surface area contributed by atoms with Gasteiger partial charge in [-0.2, -0.15) is 0 Å². The maximum Gasteiger partial charge on any atom is 0.439 e. The van der Waals surface area contributed by atoms with Gasteiger partial charge in [0.2, 0.25) is 5.70 Å². The van der Waals surface area contributed by atoms with Crippen molar-refractivity contribution in [2.75, 3.05) is 19.4 Å². The number of carbonyl (C=O) groups excluding carboxylic acids is 1. The molecule has 0 unspecified atom stereocenters. The van der Waals surface area contributed by atoms with Gasteiger partial charge >= 0.3 is 11.7 Å². The second-order valence-corrected chi connectivity index (χ2v) is 8.52. The zero-order valence-corrected chi connectivity index (χ0v) is 18.1. The van der Waals surface area contributed by atoms with Crippen molar-refractivity contribution in [2.45, 2.75) is 0 Å². The Morgan fingerprint density at radius 2 is 2.00 bits per heavy atom. The Bertz CT molecular complexity index is 1190. The van der Waals surface area contributed by atoms with Crippen molar-refractivity contribution in [1.82, 2.24) is 14.6 Å². The summed E-state index contributed by atoms with van der Waals surface area (Å²) in [6.45, 7) is 0. The minimum absolute atomic E-state index is 0.238. The Labute approximate surface area is 176 Å². The quantitative estimate of drug-likeness (QED) is 0.523. The van der Waals surface area contributed by atoms with E-state index in [-0.39, 0.29) is 11.7 Å². The molecule has 142 valence electrons. The van der Waals surface area contributed by atoms with Gasteiger partial charge < -0.3 is 5.32 Å². The van der Waals surface area contributed by atoms with Crippen molar-refractivity contribution in [2.24, 2.45) is 0 Å². The molecule has 2 aromatic carbocycles. The maximum absolute atomic E-state index is 13.1. The van der Waals surface area contributed by atoms with Gasteiger partial charge in [-0.1, -0.05) is 27.2 Å². The predicted octanol–water partition coefficient (Wildman–Crippen LogP) is 4.12. The van der Waals surface area contributed by atoms with Crippen LogP contribution in [0, 0.1) is 0 Å². The normalized spacial score (nSPS) is 14.5. The number of aromatic amines is 1. The topological polar surface area (TPSA) is 88.0 Å². The van der Waals surface area contributed by atoms with Crippen LogP contribution in [0.4, 0.5) is 11.4 Å². The number of para-hydroxylation sites is 1. The zero-order chi connectivity index (χ0) is 20.1. The third kappa shape index (κ3) is 3.15. The van der Waals surface area contributed by atoms with Gasteiger partial charge in [0.15, 0.2) is 11.5 Å². The molecule has 9 heteroatoms. The summed E-state index contributed by atoms with van der Waals surface area (Å²) >= 11 is 6.98. The van der Waals surface area contributed by atoms with Gasteiger partial charge in [-0.15, -0.1) is 0 Å². The van der Waals surface area contributed by atoms with Crippen molar-refractivity contribution in [3.8, 4) is 11.4 Å². The molecule has 4 rings (SSSR count). The van der Waals surface area contributed by atoms with Crippen LogP contribution in [-0.4, -0.2) is 30.1 Å². The highest BCUT2D eigenvalue weighted by Crippen LogP contribution is 2.43. The molecule has 0 saturated heterocycles. The van der Waals surface area contributed by atoms with Crippen molar-refractivity contribution >= 4 is 55.2 Å². The van der Waals surface area contributed by atoms with Gasteiger partial charge in [-0.05, 0) is 46.3 Å². The molecule has 1 aliphatic heterocycles. The van der Waals surface area contributed by atoms with Crippen molar-refractivity contribution < 1.29 is 9.32 Å². The molecule has 3 aromatic rings. The number of quaternary nitrogens is 1. The minimum atomic E-state index is -0.663. The van der Waals surface area contributed by atoms with Gasteiger partial charge in [0, 0.05) is 21.7 Å². The van der Waals surface area contributed by atoms with Gasteiger partial charge in [0.05, 0.1) is 24.3 Å². The van der Waals surface area contributed by atoms with Crippen molar-refractivity contribution in [1.29, 1.82) is 0 Å². The lowest BCUT2D eigenvalue weighted by Gasteiger charge is -2.27. The molecule has 2 heterocycles. The van der Waals surface area contributed by atoms with Crippen LogP contribution in [0.15, 0.2) is 60.4 Å². The van der Waals surface area contributed by atoms with E-state index in [1.807, 2.05) is 38.4 Å². The number of nitrogens with zero attached hydrogens (tertiary/aromatic N) is 2. The van der Waals surface area contributed by atoms with Crippen LogP contribution >= 0.6 is 31.9 Å². The average Bonchev–Trinajstić information content (AvgIpc) is 3.18. The van der Waals surface area contributed by atoms with Crippen molar-refractivity contribution in [3.63, 3.8) is 0 Å². The van der Waals surface area contributed by atoms with E-state index in [2.05, 4.69) is 51.8 Å². The fraction of sp³-hybridized carbons (Fsp3) is 0.105. The predicted molar refractivity (Wildman–Crippen MR) is 115 cm³/mol. The number of H-pyrrole nitrogens is 1. The summed E-state index contributed by atoms with van der Waals surface area (Å²) < 4.78 is 6.62.